The SMILES string of the molecule is CC(C)OC(=O)C(O)(Cc1ccccc1)c1ccccc1. The fourth-order valence-corrected chi connectivity index (χ4v) is 2.21. The molecule has 3 nitrogen and oxygen atoms in total. The van der Waals surface area contributed by atoms with Gasteiger partial charge in [0, 0.05) is 6.42 Å². The van der Waals surface area contributed by atoms with Crippen molar-refractivity contribution in [3.8, 4) is 0 Å². The van der Waals surface area contributed by atoms with Gasteiger partial charge in [0.15, 0.2) is 5.60 Å². The van der Waals surface area contributed by atoms with E-state index >= 15 is 0 Å². The van der Waals surface area contributed by atoms with Crippen molar-refractivity contribution in [3.63, 3.8) is 0 Å². The van der Waals surface area contributed by atoms with Crippen molar-refractivity contribution in [2.24, 2.45) is 0 Å². The molecule has 0 saturated heterocycles. The van der Waals surface area contributed by atoms with E-state index in [-0.39, 0.29) is 12.5 Å². The van der Waals surface area contributed by atoms with Gasteiger partial charge in [-0.1, -0.05) is 60.7 Å². The van der Waals surface area contributed by atoms with Crippen molar-refractivity contribution >= 4 is 5.97 Å². The molecule has 0 aliphatic heterocycles. The highest BCUT2D eigenvalue weighted by Gasteiger charge is 2.40. The molecule has 0 aliphatic carbocycles. The Morgan fingerprint density at radius 3 is 2.10 bits per heavy atom. The topological polar surface area (TPSA) is 46.5 Å². The van der Waals surface area contributed by atoms with E-state index in [1.54, 1.807) is 38.1 Å². The van der Waals surface area contributed by atoms with Crippen LogP contribution >= 0.6 is 0 Å². The minimum absolute atomic E-state index is 0.184. The number of carbonyl (C=O) groups is 1. The maximum atomic E-state index is 12.4. The van der Waals surface area contributed by atoms with Crippen LogP contribution in [0.25, 0.3) is 0 Å². The number of carbonyl (C=O) groups excluding carboxylic acids is 1. The summed E-state index contributed by atoms with van der Waals surface area (Å²) in [5, 5.41) is 11.0. The summed E-state index contributed by atoms with van der Waals surface area (Å²) in [4.78, 5) is 12.4. The molecular weight excluding hydrogens is 264 g/mol. The maximum absolute atomic E-state index is 12.4. The summed E-state index contributed by atoms with van der Waals surface area (Å²) < 4.78 is 5.25. The zero-order valence-electron chi connectivity index (χ0n) is 12.3. The van der Waals surface area contributed by atoms with Gasteiger partial charge in [0.05, 0.1) is 6.10 Å². The molecule has 0 aliphatic rings. The Balaban J connectivity index is 2.37. The van der Waals surface area contributed by atoms with E-state index in [0.29, 0.717) is 5.56 Å². The lowest BCUT2D eigenvalue weighted by Gasteiger charge is -2.27. The van der Waals surface area contributed by atoms with Gasteiger partial charge in [0.1, 0.15) is 0 Å². The smallest absolute Gasteiger partial charge is 0.343 e. The first-order chi connectivity index (χ1) is 10.0. The third kappa shape index (κ3) is 3.70. The predicted molar refractivity (Wildman–Crippen MR) is 81.7 cm³/mol. The number of hydrogen-bond donors (Lipinski definition) is 1. The lowest BCUT2D eigenvalue weighted by molar-refractivity contribution is -0.170. The second kappa shape index (κ2) is 6.55. The number of hydrogen-bond acceptors (Lipinski definition) is 3. The third-order valence-corrected chi connectivity index (χ3v) is 3.23. The normalized spacial score (nSPS) is 13.7. The molecule has 2 rings (SSSR count). The van der Waals surface area contributed by atoms with Crippen molar-refractivity contribution < 1.29 is 14.6 Å². The molecule has 0 heterocycles. The number of benzene rings is 2. The zero-order chi connectivity index (χ0) is 15.3. The van der Waals surface area contributed by atoms with Crippen LogP contribution < -0.4 is 0 Å². The lowest BCUT2D eigenvalue weighted by Crippen LogP contribution is -2.40. The van der Waals surface area contributed by atoms with Crippen molar-refractivity contribution in [1.29, 1.82) is 0 Å². The first-order valence-corrected chi connectivity index (χ1v) is 7.05. The molecule has 2 aromatic carbocycles. The lowest BCUT2D eigenvalue weighted by atomic mass is 9.87. The monoisotopic (exact) mass is 284 g/mol. The zero-order valence-corrected chi connectivity index (χ0v) is 12.3. The van der Waals surface area contributed by atoms with Gasteiger partial charge in [0.25, 0.3) is 0 Å². The van der Waals surface area contributed by atoms with E-state index in [4.69, 9.17) is 4.74 Å². The van der Waals surface area contributed by atoms with Crippen LogP contribution in [0.15, 0.2) is 60.7 Å². The molecule has 110 valence electrons. The van der Waals surface area contributed by atoms with Crippen LogP contribution in [0.4, 0.5) is 0 Å². The van der Waals surface area contributed by atoms with Crippen molar-refractivity contribution in [2.75, 3.05) is 0 Å². The average molecular weight is 284 g/mol. The van der Waals surface area contributed by atoms with Crippen LogP contribution in [0.5, 0.6) is 0 Å². The summed E-state index contributed by atoms with van der Waals surface area (Å²) in [5.41, 5.74) is -0.253. The Labute approximate surface area is 125 Å². The molecule has 3 heteroatoms. The minimum atomic E-state index is -1.67. The van der Waals surface area contributed by atoms with E-state index in [1.807, 2.05) is 36.4 Å². The standard InChI is InChI=1S/C18H20O3/c1-14(2)21-17(19)18(20,16-11-7-4-8-12-16)13-15-9-5-3-6-10-15/h3-12,14,20H,13H2,1-2H3. The molecule has 0 bridgehead atoms. The van der Waals surface area contributed by atoms with Crippen molar-refractivity contribution in [3.05, 3.63) is 71.8 Å². The molecule has 0 aromatic heterocycles. The highest BCUT2D eigenvalue weighted by molar-refractivity contribution is 5.81. The quantitative estimate of drug-likeness (QED) is 0.858. The number of ether oxygens (including phenoxy) is 1. The van der Waals surface area contributed by atoms with Gasteiger partial charge in [-0.2, -0.15) is 0 Å². The van der Waals surface area contributed by atoms with E-state index in [2.05, 4.69) is 0 Å². The van der Waals surface area contributed by atoms with Crippen molar-refractivity contribution in [1.82, 2.24) is 0 Å². The molecule has 0 radical (unpaired) electrons. The number of esters is 1. The predicted octanol–water partition coefficient (Wildman–Crippen LogP) is 3.07. The Morgan fingerprint density at radius 1 is 1.05 bits per heavy atom. The largest absolute Gasteiger partial charge is 0.461 e. The average Bonchev–Trinajstić information content (AvgIpc) is 2.48. The van der Waals surface area contributed by atoms with Gasteiger partial charge in [-0.15, -0.1) is 0 Å². The molecule has 0 fully saturated rings. The fourth-order valence-electron chi connectivity index (χ4n) is 2.21. The number of aliphatic hydroxyl groups is 1. The minimum Gasteiger partial charge on any atom is -0.461 e. The van der Waals surface area contributed by atoms with Crippen LogP contribution in [0.1, 0.15) is 25.0 Å². The molecule has 1 unspecified atom stereocenters. The summed E-state index contributed by atoms with van der Waals surface area (Å²) in [6.07, 6.45) is -0.0906. The van der Waals surface area contributed by atoms with Gasteiger partial charge in [0.2, 0.25) is 0 Å². The Kier molecular flexibility index (Phi) is 4.76. The van der Waals surface area contributed by atoms with Crippen LogP contribution in [-0.4, -0.2) is 17.2 Å². The first-order valence-electron chi connectivity index (χ1n) is 7.05. The molecule has 0 amide bonds. The van der Waals surface area contributed by atoms with Crippen LogP contribution in [-0.2, 0) is 21.6 Å². The molecule has 0 spiro atoms. The Hall–Kier alpha value is -2.13. The van der Waals surface area contributed by atoms with Crippen molar-refractivity contribution in [2.45, 2.75) is 32.0 Å². The van der Waals surface area contributed by atoms with Gasteiger partial charge in [-0.3, -0.25) is 0 Å². The van der Waals surface area contributed by atoms with Gasteiger partial charge < -0.3 is 9.84 Å². The van der Waals surface area contributed by atoms with Gasteiger partial charge >= 0.3 is 5.97 Å². The number of rotatable bonds is 5. The summed E-state index contributed by atoms with van der Waals surface area (Å²) >= 11 is 0. The summed E-state index contributed by atoms with van der Waals surface area (Å²) in [6, 6.07) is 18.4. The second-order valence-corrected chi connectivity index (χ2v) is 5.34. The Morgan fingerprint density at radius 2 is 1.57 bits per heavy atom. The summed E-state index contributed by atoms with van der Waals surface area (Å²) in [5.74, 6) is -0.618. The Bertz CT molecular complexity index is 578. The molecule has 0 saturated carbocycles. The molecule has 1 atom stereocenters. The third-order valence-electron chi connectivity index (χ3n) is 3.23. The van der Waals surface area contributed by atoms with E-state index < -0.39 is 11.6 Å². The van der Waals surface area contributed by atoms with Crippen LogP contribution in [0.3, 0.4) is 0 Å². The van der Waals surface area contributed by atoms with E-state index in [0.717, 1.165) is 5.56 Å². The van der Waals surface area contributed by atoms with Gasteiger partial charge in [-0.25, -0.2) is 4.79 Å². The molecule has 21 heavy (non-hydrogen) atoms. The molecular formula is C18H20O3. The maximum Gasteiger partial charge on any atom is 0.343 e. The summed E-state index contributed by atoms with van der Waals surface area (Å²) in [7, 11) is 0. The van der Waals surface area contributed by atoms with Crippen LogP contribution in [0, 0.1) is 0 Å². The van der Waals surface area contributed by atoms with E-state index in [9.17, 15) is 9.90 Å². The van der Waals surface area contributed by atoms with E-state index in [1.165, 1.54) is 0 Å². The second-order valence-electron chi connectivity index (χ2n) is 5.34. The highest BCUT2D eigenvalue weighted by atomic mass is 16.6. The first kappa shape index (κ1) is 15.3. The molecule has 1 N–H and O–H groups in total. The summed E-state index contributed by atoms with van der Waals surface area (Å²) in [6.45, 7) is 3.54. The highest BCUT2D eigenvalue weighted by Crippen LogP contribution is 2.28. The van der Waals surface area contributed by atoms with Gasteiger partial charge in [-0.05, 0) is 25.0 Å². The fraction of sp³-hybridized carbons (Fsp3) is 0.278. The molecule has 2 aromatic rings. The van der Waals surface area contributed by atoms with Crippen LogP contribution in [0.2, 0.25) is 0 Å².